The monoisotopic (exact) mass is 253 g/mol. The van der Waals surface area contributed by atoms with Crippen LogP contribution >= 0.6 is 0 Å². The van der Waals surface area contributed by atoms with Gasteiger partial charge >= 0.3 is 0 Å². The molecule has 0 fully saturated rings. The first kappa shape index (κ1) is 11.8. The van der Waals surface area contributed by atoms with Crippen LogP contribution in [-0.2, 0) is 13.0 Å². The van der Waals surface area contributed by atoms with Gasteiger partial charge < -0.3 is 0 Å². The Morgan fingerprint density at radius 1 is 1.16 bits per heavy atom. The average molecular weight is 253 g/mol. The van der Waals surface area contributed by atoms with Crippen LogP contribution in [0.1, 0.15) is 24.0 Å². The molecule has 3 heterocycles. The van der Waals surface area contributed by atoms with Gasteiger partial charge in [0.25, 0.3) is 0 Å². The Morgan fingerprint density at radius 3 is 2.68 bits per heavy atom. The summed E-state index contributed by atoms with van der Waals surface area (Å²) in [6.07, 6.45) is 6.24. The number of aromatic nitrogens is 5. The van der Waals surface area contributed by atoms with Gasteiger partial charge in [0.05, 0.1) is 5.69 Å². The van der Waals surface area contributed by atoms with Gasteiger partial charge in [0.1, 0.15) is 12.4 Å². The van der Waals surface area contributed by atoms with Crippen molar-refractivity contribution in [1.29, 1.82) is 0 Å². The van der Waals surface area contributed by atoms with E-state index < -0.39 is 0 Å². The fraction of sp³-hybridized carbons (Fsp3) is 0.286. The average Bonchev–Trinajstić information content (AvgIpc) is 2.77. The van der Waals surface area contributed by atoms with Gasteiger partial charge in [-0.15, -0.1) is 0 Å². The third-order valence-corrected chi connectivity index (χ3v) is 3.05. The molecule has 0 N–H and O–H groups in total. The second-order valence-electron chi connectivity index (χ2n) is 4.51. The summed E-state index contributed by atoms with van der Waals surface area (Å²) in [5.41, 5.74) is 3.12. The Labute approximate surface area is 111 Å². The van der Waals surface area contributed by atoms with Gasteiger partial charge in [0.2, 0.25) is 0 Å². The van der Waals surface area contributed by atoms with Crippen molar-refractivity contribution in [3.8, 4) is 0 Å². The predicted molar refractivity (Wildman–Crippen MR) is 72.8 cm³/mol. The summed E-state index contributed by atoms with van der Waals surface area (Å²) in [4.78, 5) is 13.0. The van der Waals surface area contributed by atoms with Gasteiger partial charge in [-0.05, 0) is 31.0 Å². The van der Waals surface area contributed by atoms with E-state index in [1.165, 1.54) is 0 Å². The minimum atomic E-state index is 0.549. The van der Waals surface area contributed by atoms with Crippen LogP contribution < -0.4 is 0 Å². The van der Waals surface area contributed by atoms with Crippen molar-refractivity contribution >= 4 is 11.0 Å². The van der Waals surface area contributed by atoms with Gasteiger partial charge in [-0.1, -0.05) is 6.92 Å². The van der Waals surface area contributed by atoms with Crippen molar-refractivity contribution in [2.75, 3.05) is 0 Å². The van der Waals surface area contributed by atoms with E-state index in [1.54, 1.807) is 12.4 Å². The van der Waals surface area contributed by atoms with Gasteiger partial charge in [0, 0.05) is 24.0 Å². The Bertz CT molecular complexity index is 702. The summed E-state index contributed by atoms with van der Waals surface area (Å²) in [6.45, 7) is 4.70. The molecule has 0 saturated carbocycles. The molecule has 19 heavy (non-hydrogen) atoms. The molecule has 3 aromatic heterocycles. The maximum atomic E-state index is 4.62. The quantitative estimate of drug-likeness (QED) is 0.717. The summed E-state index contributed by atoms with van der Waals surface area (Å²) in [7, 11) is 0. The number of hydrogen-bond donors (Lipinski definition) is 0. The van der Waals surface area contributed by atoms with Crippen LogP contribution in [0.15, 0.2) is 30.7 Å². The first-order valence-corrected chi connectivity index (χ1v) is 6.36. The number of pyridine rings is 1. The molecular weight excluding hydrogens is 238 g/mol. The number of aryl methyl sites for hydroxylation is 2. The highest BCUT2D eigenvalue weighted by Crippen LogP contribution is 2.18. The second kappa shape index (κ2) is 4.76. The molecule has 0 aliphatic rings. The molecule has 5 nitrogen and oxygen atoms in total. The van der Waals surface area contributed by atoms with Gasteiger partial charge in [-0.2, -0.15) is 5.10 Å². The van der Waals surface area contributed by atoms with Crippen LogP contribution in [0.25, 0.3) is 11.0 Å². The van der Waals surface area contributed by atoms with Crippen molar-refractivity contribution < 1.29 is 0 Å². The molecule has 0 saturated heterocycles. The van der Waals surface area contributed by atoms with Crippen LogP contribution in [0.5, 0.6) is 0 Å². The summed E-state index contributed by atoms with van der Waals surface area (Å²) < 4.78 is 1.88. The summed E-state index contributed by atoms with van der Waals surface area (Å²) in [5.74, 6) is 0.747. The fourth-order valence-corrected chi connectivity index (χ4v) is 2.14. The SMILES string of the molecule is CCc1nn(Cc2ncccn2)c2ncc(C)cc12. The molecule has 3 rings (SSSR count). The van der Waals surface area contributed by atoms with E-state index in [0.717, 1.165) is 34.5 Å². The van der Waals surface area contributed by atoms with Crippen LogP contribution in [0.4, 0.5) is 0 Å². The third kappa shape index (κ3) is 2.19. The van der Waals surface area contributed by atoms with Gasteiger partial charge in [-0.25, -0.2) is 19.6 Å². The van der Waals surface area contributed by atoms with E-state index in [1.807, 2.05) is 23.9 Å². The first-order chi connectivity index (χ1) is 9.28. The molecule has 0 unspecified atom stereocenters. The lowest BCUT2D eigenvalue weighted by atomic mass is 10.2. The summed E-state index contributed by atoms with van der Waals surface area (Å²) in [5, 5.41) is 5.74. The molecule has 0 radical (unpaired) electrons. The van der Waals surface area contributed by atoms with Crippen LogP contribution in [0.2, 0.25) is 0 Å². The second-order valence-corrected chi connectivity index (χ2v) is 4.51. The fourth-order valence-electron chi connectivity index (χ4n) is 2.14. The van der Waals surface area contributed by atoms with E-state index in [2.05, 4.69) is 33.0 Å². The zero-order chi connectivity index (χ0) is 13.2. The van der Waals surface area contributed by atoms with Crippen LogP contribution in [-0.4, -0.2) is 24.7 Å². The minimum absolute atomic E-state index is 0.549. The topological polar surface area (TPSA) is 56.5 Å². The zero-order valence-corrected chi connectivity index (χ0v) is 11.0. The normalized spacial score (nSPS) is 11.1. The maximum absolute atomic E-state index is 4.62. The molecular formula is C14H15N5. The van der Waals surface area contributed by atoms with Gasteiger partial charge in [0.15, 0.2) is 5.65 Å². The van der Waals surface area contributed by atoms with E-state index in [-0.39, 0.29) is 0 Å². The number of fused-ring (bicyclic) bond motifs is 1. The molecule has 0 aliphatic heterocycles. The molecule has 0 aromatic carbocycles. The lowest BCUT2D eigenvalue weighted by molar-refractivity contribution is 0.659. The Morgan fingerprint density at radius 2 is 1.95 bits per heavy atom. The molecule has 5 heteroatoms. The number of hydrogen-bond acceptors (Lipinski definition) is 4. The van der Waals surface area contributed by atoms with Gasteiger partial charge in [-0.3, -0.25) is 0 Å². The molecule has 0 atom stereocenters. The number of nitrogens with zero attached hydrogens (tertiary/aromatic N) is 5. The van der Waals surface area contributed by atoms with E-state index in [4.69, 9.17) is 0 Å². The zero-order valence-electron chi connectivity index (χ0n) is 11.0. The first-order valence-electron chi connectivity index (χ1n) is 6.36. The lowest BCUT2D eigenvalue weighted by Gasteiger charge is -2.01. The minimum Gasteiger partial charge on any atom is -0.239 e. The van der Waals surface area contributed by atoms with Crippen molar-refractivity contribution in [3.05, 3.63) is 47.8 Å². The van der Waals surface area contributed by atoms with E-state index in [0.29, 0.717) is 6.54 Å². The smallest absolute Gasteiger partial charge is 0.158 e. The van der Waals surface area contributed by atoms with E-state index in [9.17, 15) is 0 Å². The summed E-state index contributed by atoms with van der Waals surface area (Å²) in [6, 6.07) is 3.94. The van der Waals surface area contributed by atoms with Crippen molar-refractivity contribution in [2.24, 2.45) is 0 Å². The summed E-state index contributed by atoms with van der Waals surface area (Å²) >= 11 is 0. The standard InChI is InChI=1S/C14H15N5/c1-3-12-11-7-10(2)8-17-14(11)19(18-12)9-13-15-5-4-6-16-13/h4-8H,3,9H2,1-2H3. The predicted octanol–water partition coefficient (Wildman–Crippen LogP) is 2.14. The highest BCUT2D eigenvalue weighted by Gasteiger charge is 2.11. The number of rotatable bonds is 3. The van der Waals surface area contributed by atoms with Crippen molar-refractivity contribution in [1.82, 2.24) is 24.7 Å². The molecule has 0 spiro atoms. The van der Waals surface area contributed by atoms with E-state index >= 15 is 0 Å². The highest BCUT2D eigenvalue weighted by molar-refractivity contribution is 5.78. The molecule has 96 valence electrons. The van der Waals surface area contributed by atoms with Crippen molar-refractivity contribution in [2.45, 2.75) is 26.8 Å². The Hall–Kier alpha value is -2.30. The Kier molecular flexibility index (Phi) is 2.95. The third-order valence-electron chi connectivity index (χ3n) is 3.05. The maximum Gasteiger partial charge on any atom is 0.158 e. The molecule has 3 aromatic rings. The molecule has 0 aliphatic carbocycles. The Balaban J connectivity index is 2.09. The van der Waals surface area contributed by atoms with Crippen molar-refractivity contribution in [3.63, 3.8) is 0 Å². The lowest BCUT2D eigenvalue weighted by Crippen LogP contribution is -2.06. The molecule has 0 bridgehead atoms. The van der Waals surface area contributed by atoms with Crippen LogP contribution in [0, 0.1) is 6.92 Å². The highest BCUT2D eigenvalue weighted by atomic mass is 15.3. The van der Waals surface area contributed by atoms with Crippen LogP contribution in [0.3, 0.4) is 0 Å². The largest absolute Gasteiger partial charge is 0.239 e. The molecule has 0 amide bonds.